The average Bonchev–Trinajstić information content (AvgIpc) is 3.27. The summed E-state index contributed by atoms with van der Waals surface area (Å²) in [6, 6.07) is 10.6. The fourth-order valence-corrected chi connectivity index (χ4v) is 4.67. The van der Waals surface area contributed by atoms with Crippen molar-refractivity contribution >= 4 is 20.7 Å². The molecule has 1 aliphatic rings. The van der Waals surface area contributed by atoms with E-state index in [2.05, 4.69) is 5.10 Å². The number of hydrogen-bond donors (Lipinski definition) is 0. The zero-order chi connectivity index (χ0) is 23.2. The van der Waals surface area contributed by atoms with E-state index in [1.807, 2.05) is 18.3 Å². The normalized spacial score (nSPS) is 14.3. The molecular weight excluding hydrogens is 440 g/mol. The first kappa shape index (κ1) is 21.4. The highest BCUT2D eigenvalue weighted by atomic mass is 32.2. The number of sulfone groups is 1. The Morgan fingerprint density at radius 2 is 1.67 bits per heavy atom. The van der Waals surface area contributed by atoms with Crippen LogP contribution in [-0.2, 0) is 9.84 Å². The molecule has 4 aromatic rings. The molecule has 0 bridgehead atoms. The molecule has 1 aliphatic carbocycles. The Hall–Kier alpha value is -3.46. The van der Waals surface area contributed by atoms with Crippen molar-refractivity contribution in [1.82, 2.24) is 19.7 Å². The molecule has 0 amide bonds. The predicted octanol–water partition coefficient (Wildman–Crippen LogP) is 4.17. The Morgan fingerprint density at radius 3 is 2.27 bits per heavy atom. The molecule has 0 spiro atoms. The quantitative estimate of drug-likeness (QED) is 0.422. The molecular formula is C24H24N4O4S. The number of hydrogen-bond acceptors (Lipinski definition) is 7. The van der Waals surface area contributed by atoms with E-state index < -0.39 is 9.84 Å². The summed E-state index contributed by atoms with van der Waals surface area (Å²) >= 11 is 0. The van der Waals surface area contributed by atoms with Gasteiger partial charge in [-0.2, -0.15) is 5.10 Å². The maximum absolute atomic E-state index is 11.7. The summed E-state index contributed by atoms with van der Waals surface area (Å²) in [5.74, 6) is 2.13. The number of benzene rings is 2. The minimum atomic E-state index is -3.24. The van der Waals surface area contributed by atoms with Crippen LogP contribution in [-0.4, -0.2) is 48.6 Å². The number of ether oxygens (including phenoxy) is 2. The van der Waals surface area contributed by atoms with Crippen LogP contribution < -0.4 is 9.47 Å². The Balaban J connectivity index is 1.58. The van der Waals surface area contributed by atoms with Crippen LogP contribution in [0.5, 0.6) is 11.5 Å². The van der Waals surface area contributed by atoms with Gasteiger partial charge in [0.05, 0.1) is 36.5 Å². The fourth-order valence-electron chi connectivity index (χ4n) is 4.04. The third-order valence-corrected chi connectivity index (χ3v) is 7.24. The number of nitrogens with zero attached hydrogens (tertiary/aromatic N) is 4. The highest BCUT2D eigenvalue weighted by Gasteiger charge is 2.25. The van der Waals surface area contributed by atoms with E-state index in [0.717, 1.165) is 40.6 Å². The molecule has 0 radical (unpaired) electrons. The highest BCUT2D eigenvalue weighted by molar-refractivity contribution is 7.90. The van der Waals surface area contributed by atoms with Crippen LogP contribution in [0.15, 0.2) is 53.7 Å². The van der Waals surface area contributed by atoms with Gasteiger partial charge in [0.1, 0.15) is 0 Å². The van der Waals surface area contributed by atoms with Crippen LogP contribution in [0.4, 0.5) is 0 Å². The Kier molecular flexibility index (Phi) is 5.28. The summed E-state index contributed by atoms with van der Waals surface area (Å²) in [7, 11) is -0.0159. The molecule has 1 saturated carbocycles. The monoisotopic (exact) mass is 464 g/mol. The molecule has 2 aromatic carbocycles. The number of aromatic nitrogens is 4. The van der Waals surface area contributed by atoms with Crippen molar-refractivity contribution in [3.8, 4) is 28.6 Å². The standard InChI is InChI=1S/C24H24N4O4S/c1-31-21-11-19-20(12-22(21)32-2)26-24(27-23(19)16-5-4-6-16)28-14-17(13-25-28)15-7-9-18(10-8-15)33(3,29)30/h7-14,16H,4-6H2,1-3H3. The van der Waals surface area contributed by atoms with Gasteiger partial charge >= 0.3 is 0 Å². The third-order valence-electron chi connectivity index (χ3n) is 6.11. The average molecular weight is 465 g/mol. The summed E-state index contributed by atoms with van der Waals surface area (Å²) in [5.41, 5.74) is 3.47. The lowest BCUT2D eigenvalue weighted by atomic mass is 9.81. The Labute approximate surface area is 192 Å². The van der Waals surface area contributed by atoms with Crippen LogP contribution in [0.25, 0.3) is 28.0 Å². The number of methoxy groups -OCH3 is 2. The van der Waals surface area contributed by atoms with E-state index in [1.54, 1.807) is 49.4 Å². The minimum Gasteiger partial charge on any atom is -0.493 e. The van der Waals surface area contributed by atoms with E-state index in [-0.39, 0.29) is 4.90 Å². The topological polar surface area (TPSA) is 96.2 Å². The second kappa shape index (κ2) is 8.15. The van der Waals surface area contributed by atoms with Gasteiger partial charge in [-0.1, -0.05) is 18.6 Å². The van der Waals surface area contributed by atoms with Crippen LogP contribution in [0.3, 0.4) is 0 Å². The van der Waals surface area contributed by atoms with Gasteiger partial charge in [0.15, 0.2) is 21.3 Å². The van der Waals surface area contributed by atoms with Crippen molar-refractivity contribution in [2.45, 2.75) is 30.1 Å². The van der Waals surface area contributed by atoms with Crippen LogP contribution in [0.1, 0.15) is 30.9 Å². The largest absolute Gasteiger partial charge is 0.493 e. The van der Waals surface area contributed by atoms with Crippen molar-refractivity contribution in [3.05, 3.63) is 54.5 Å². The van der Waals surface area contributed by atoms with E-state index in [4.69, 9.17) is 19.4 Å². The summed E-state index contributed by atoms with van der Waals surface area (Å²) < 4.78 is 36.1. The smallest absolute Gasteiger partial charge is 0.251 e. The second-order valence-corrected chi connectivity index (χ2v) is 10.2. The molecule has 1 fully saturated rings. The van der Waals surface area contributed by atoms with Crippen LogP contribution in [0, 0.1) is 0 Å². The van der Waals surface area contributed by atoms with Gasteiger partial charge in [-0.3, -0.25) is 0 Å². The van der Waals surface area contributed by atoms with Gasteiger partial charge < -0.3 is 9.47 Å². The van der Waals surface area contributed by atoms with Gasteiger partial charge in [-0.25, -0.2) is 23.1 Å². The molecule has 0 aliphatic heterocycles. The lowest BCUT2D eigenvalue weighted by molar-refractivity contribution is 0.355. The third kappa shape index (κ3) is 3.93. The van der Waals surface area contributed by atoms with E-state index in [0.29, 0.717) is 23.4 Å². The molecule has 2 aromatic heterocycles. The maximum Gasteiger partial charge on any atom is 0.251 e. The maximum atomic E-state index is 11.7. The first-order valence-electron chi connectivity index (χ1n) is 10.7. The van der Waals surface area contributed by atoms with Crippen molar-refractivity contribution < 1.29 is 17.9 Å². The van der Waals surface area contributed by atoms with E-state index in [9.17, 15) is 8.42 Å². The van der Waals surface area contributed by atoms with Crippen molar-refractivity contribution in [2.75, 3.05) is 20.5 Å². The summed E-state index contributed by atoms with van der Waals surface area (Å²) in [4.78, 5) is 9.93. The first-order chi connectivity index (χ1) is 15.9. The molecule has 0 atom stereocenters. The summed E-state index contributed by atoms with van der Waals surface area (Å²) in [6.45, 7) is 0. The first-order valence-corrected chi connectivity index (χ1v) is 12.6. The molecule has 0 unspecified atom stereocenters. The van der Waals surface area contributed by atoms with Gasteiger partial charge in [-0.15, -0.1) is 0 Å². The molecule has 170 valence electrons. The predicted molar refractivity (Wildman–Crippen MR) is 125 cm³/mol. The van der Waals surface area contributed by atoms with Crippen molar-refractivity contribution in [3.63, 3.8) is 0 Å². The van der Waals surface area contributed by atoms with Gasteiger partial charge in [-0.05, 0) is 36.6 Å². The van der Waals surface area contributed by atoms with Crippen molar-refractivity contribution in [1.29, 1.82) is 0 Å². The van der Waals surface area contributed by atoms with Gasteiger partial charge in [0.25, 0.3) is 5.95 Å². The minimum absolute atomic E-state index is 0.283. The van der Waals surface area contributed by atoms with E-state index >= 15 is 0 Å². The van der Waals surface area contributed by atoms with Gasteiger partial charge in [0, 0.05) is 35.4 Å². The molecule has 5 rings (SSSR count). The highest BCUT2D eigenvalue weighted by Crippen LogP contribution is 2.41. The fraction of sp³-hybridized carbons (Fsp3) is 0.292. The lowest BCUT2D eigenvalue weighted by Crippen LogP contribution is -2.14. The lowest BCUT2D eigenvalue weighted by Gasteiger charge is -2.26. The summed E-state index contributed by atoms with van der Waals surface area (Å²) in [6.07, 6.45) is 8.14. The van der Waals surface area contributed by atoms with Gasteiger partial charge in [0.2, 0.25) is 0 Å². The second-order valence-electron chi connectivity index (χ2n) is 8.23. The Bertz CT molecular complexity index is 1440. The Morgan fingerprint density at radius 1 is 0.970 bits per heavy atom. The van der Waals surface area contributed by atoms with Crippen LogP contribution in [0.2, 0.25) is 0 Å². The molecule has 33 heavy (non-hydrogen) atoms. The van der Waals surface area contributed by atoms with E-state index in [1.165, 1.54) is 12.7 Å². The number of fused-ring (bicyclic) bond motifs is 1. The number of rotatable bonds is 6. The molecule has 9 heteroatoms. The van der Waals surface area contributed by atoms with Crippen molar-refractivity contribution in [2.24, 2.45) is 0 Å². The molecule has 0 N–H and O–H groups in total. The molecule has 2 heterocycles. The SMILES string of the molecule is COc1cc2nc(-n3cc(-c4ccc(S(C)(=O)=O)cc4)cn3)nc(C3CCC3)c2cc1OC. The molecule has 8 nitrogen and oxygen atoms in total. The summed E-state index contributed by atoms with van der Waals surface area (Å²) in [5, 5.41) is 5.44. The zero-order valence-electron chi connectivity index (χ0n) is 18.6. The zero-order valence-corrected chi connectivity index (χ0v) is 19.5. The van der Waals surface area contributed by atoms with Crippen LogP contribution >= 0.6 is 0 Å². The molecule has 0 saturated heterocycles.